The number of hydrogen-bond acceptors (Lipinski definition) is 1. The van der Waals surface area contributed by atoms with Crippen molar-refractivity contribution >= 4 is 5.91 Å². The van der Waals surface area contributed by atoms with Gasteiger partial charge in [-0.2, -0.15) is 0 Å². The molecule has 0 aromatic heterocycles. The summed E-state index contributed by atoms with van der Waals surface area (Å²) in [7, 11) is 0. The van der Waals surface area contributed by atoms with Gasteiger partial charge in [-0.15, -0.1) is 0 Å². The average molecular weight is 251 g/mol. The zero-order valence-corrected chi connectivity index (χ0v) is 11.4. The van der Waals surface area contributed by atoms with Crippen molar-refractivity contribution in [1.82, 2.24) is 5.32 Å². The van der Waals surface area contributed by atoms with Crippen LogP contribution >= 0.6 is 0 Å². The summed E-state index contributed by atoms with van der Waals surface area (Å²) >= 11 is 0. The Balaban J connectivity index is 2.57. The molecule has 0 fully saturated rings. The SMILES string of the molecule is CCCCC(C)C(=O)NC(C)c1ccccc1F. The highest BCUT2D eigenvalue weighted by molar-refractivity contribution is 5.78. The molecule has 1 N–H and O–H groups in total. The van der Waals surface area contributed by atoms with Crippen LogP contribution in [0.15, 0.2) is 24.3 Å². The third kappa shape index (κ3) is 4.13. The smallest absolute Gasteiger partial charge is 0.223 e. The van der Waals surface area contributed by atoms with E-state index in [4.69, 9.17) is 0 Å². The number of carbonyl (C=O) groups excluding carboxylic acids is 1. The molecule has 1 aromatic carbocycles. The van der Waals surface area contributed by atoms with Crippen molar-refractivity contribution in [2.45, 2.75) is 46.1 Å². The van der Waals surface area contributed by atoms with E-state index < -0.39 is 0 Å². The minimum absolute atomic E-state index is 0.000738. The van der Waals surface area contributed by atoms with Gasteiger partial charge in [-0.3, -0.25) is 4.79 Å². The maximum atomic E-state index is 13.5. The number of rotatable bonds is 6. The highest BCUT2D eigenvalue weighted by atomic mass is 19.1. The summed E-state index contributed by atoms with van der Waals surface area (Å²) in [6.07, 6.45) is 3.01. The summed E-state index contributed by atoms with van der Waals surface area (Å²) in [6, 6.07) is 6.26. The Morgan fingerprint density at radius 1 is 1.33 bits per heavy atom. The van der Waals surface area contributed by atoms with E-state index in [0.29, 0.717) is 5.56 Å². The van der Waals surface area contributed by atoms with Gasteiger partial charge >= 0.3 is 0 Å². The molecule has 0 spiro atoms. The molecule has 2 unspecified atom stereocenters. The van der Waals surface area contributed by atoms with E-state index in [1.165, 1.54) is 6.07 Å². The Bertz CT molecular complexity index is 392. The largest absolute Gasteiger partial charge is 0.349 e. The predicted molar refractivity (Wildman–Crippen MR) is 71.6 cm³/mol. The first-order valence-electron chi connectivity index (χ1n) is 6.61. The second kappa shape index (κ2) is 7.14. The van der Waals surface area contributed by atoms with Crippen molar-refractivity contribution in [2.24, 2.45) is 5.92 Å². The van der Waals surface area contributed by atoms with E-state index in [1.807, 2.05) is 13.8 Å². The Hall–Kier alpha value is -1.38. The molecule has 0 bridgehead atoms. The number of hydrogen-bond donors (Lipinski definition) is 1. The first kappa shape index (κ1) is 14.7. The molecule has 2 nitrogen and oxygen atoms in total. The van der Waals surface area contributed by atoms with Gasteiger partial charge in [0.1, 0.15) is 5.82 Å². The predicted octanol–water partition coefficient (Wildman–Crippen LogP) is 3.83. The minimum Gasteiger partial charge on any atom is -0.349 e. The summed E-state index contributed by atoms with van der Waals surface area (Å²) in [5.74, 6) is -0.287. The Morgan fingerprint density at radius 3 is 2.61 bits per heavy atom. The molecule has 1 rings (SSSR count). The van der Waals surface area contributed by atoms with Gasteiger partial charge in [0, 0.05) is 11.5 Å². The fraction of sp³-hybridized carbons (Fsp3) is 0.533. The quantitative estimate of drug-likeness (QED) is 0.818. The van der Waals surface area contributed by atoms with Crippen LogP contribution in [-0.4, -0.2) is 5.91 Å². The van der Waals surface area contributed by atoms with Gasteiger partial charge in [0.25, 0.3) is 0 Å². The number of carbonyl (C=O) groups is 1. The number of nitrogens with one attached hydrogen (secondary N) is 1. The van der Waals surface area contributed by atoms with Gasteiger partial charge in [-0.25, -0.2) is 4.39 Å². The number of unbranched alkanes of at least 4 members (excludes halogenated alkanes) is 1. The van der Waals surface area contributed by atoms with Crippen molar-refractivity contribution in [3.63, 3.8) is 0 Å². The van der Waals surface area contributed by atoms with E-state index in [-0.39, 0.29) is 23.7 Å². The van der Waals surface area contributed by atoms with E-state index in [2.05, 4.69) is 12.2 Å². The summed E-state index contributed by atoms with van der Waals surface area (Å²) in [6.45, 7) is 5.83. The van der Waals surface area contributed by atoms with Crippen LogP contribution in [0.3, 0.4) is 0 Å². The third-order valence-electron chi connectivity index (χ3n) is 3.17. The molecule has 0 heterocycles. The molecule has 18 heavy (non-hydrogen) atoms. The van der Waals surface area contributed by atoms with Crippen molar-refractivity contribution in [3.8, 4) is 0 Å². The standard InChI is InChI=1S/C15H22FNO/c1-4-5-8-11(2)15(18)17-12(3)13-9-6-7-10-14(13)16/h6-7,9-12H,4-5,8H2,1-3H3,(H,17,18). The van der Waals surface area contributed by atoms with Crippen LogP contribution in [0.5, 0.6) is 0 Å². The van der Waals surface area contributed by atoms with Gasteiger partial charge in [-0.1, -0.05) is 44.9 Å². The monoisotopic (exact) mass is 251 g/mol. The second-order valence-corrected chi connectivity index (χ2v) is 4.80. The Kier molecular flexibility index (Phi) is 5.83. The molecule has 0 aliphatic heterocycles. The van der Waals surface area contributed by atoms with Gasteiger partial charge < -0.3 is 5.32 Å². The molecule has 0 saturated carbocycles. The van der Waals surface area contributed by atoms with Crippen molar-refractivity contribution in [2.75, 3.05) is 0 Å². The highest BCUT2D eigenvalue weighted by Gasteiger charge is 2.17. The zero-order chi connectivity index (χ0) is 13.5. The number of benzene rings is 1. The van der Waals surface area contributed by atoms with Gasteiger partial charge in [0.05, 0.1) is 6.04 Å². The lowest BCUT2D eigenvalue weighted by atomic mass is 10.0. The fourth-order valence-corrected chi connectivity index (χ4v) is 1.90. The van der Waals surface area contributed by atoms with Crippen LogP contribution in [0, 0.1) is 11.7 Å². The molecule has 0 aliphatic carbocycles. The van der Waals surface area contributed by atoms with Crippen LogP contribution < -0.4 is 5.32 Å². The maximum Gasteiger partial charge on any atom is 0.223 e. The van der Waals surface area contributed by atoms with E-state index in [9.17, 15) is 9.18 Å². The van der Waals surface area contributed by atoms with Crippen molar-refractivity contribution < 1.29 is 9.18 Å². The molecular weight excluding hydrogens is 229 g/mol. The highest BCUT2D eigenvalue weighted by Crippen LogP contribution is 2.17. The van der Waals surface area contributed by atoms with Crippen molar-refractivity contribution in [1.29, 1.82) is 0 Å². The molecule has 3 heteroatoms. The summed E-state index contributed by atoms with van der Waals surface area (Å²) in [5.41, 5.74) is 0.536. The van der Waals surface area contributed by atoms with Crippen LogP contribution in [0.2, 0.25) is 0 Å². The second-order valence-electron chi connectivity index (χ2n) is 4.80. The normalized spacial score (nSPS) is 14.0. The number of amides is 1. The summed E-state index contributed by atoms with van der Waals surface area (Å²) in [5, 5.41) is 2.87. The van der Waals surface area contributed by atoms with Crippen LogP contribution in [-0.2, 0) is 4.79 Å². The Morgan fingerprint density at radius 2 is 2.00 bits per heavy atom. The lowest BCUT2D eigenvalue weighted by Gasteiger charge is -2.18. The lowest BCUT2D eigenvalue weighted by molar-refractivity contribution is -0.125. The van der Waals surface area contributed by atoms with E-state index in [0.717, 1.165) is 19.3 Å². The van der Waals surface area contributed by atoms with Gasteiger partial charge in [0.15, 0.2) is 0 Å². The maximum absolute atomic E-state index is 13.5. The molecule has 2 atom stereocenters. The molecule has 100 valence electrons. The third-order valence-corrected chi connectivity index (χ3v) is 3.17. The first-order chi connectivity index (χ1) is 8.56. The Labute approximate surface area is 109 Å². The summed E-state index contributed by atoms with van der Waals surface area (Å²) in [4.78, 5) is 11.9. The van der Waals surface area contributed by atoms with Crippen LogP contribution in [0.25, 0.3) is 0 Å². The molecule has 0 radical (unpaired) electrons. The molecule has 0 saturated heterocycles. The van der Waals surface area contributed by atoms with Crippen LogP contribution in [0.4, 0.5) is 4.39 Å². The fourth-order valence-electron chi connectivity index (χ4n) is 1.90. The average Bonchev–Trinajstić information content (AvgIpc) is 2.36. The first-order valence-corrected chi connectivity index (χ1v) is 6.61. The van der Waals surface area contributed by atoms with E-state index >= 15 is 0 Å². The van der Waals surface area contributed by atoms with Crippen molar-refractivity contribution in [3.05, 3.63) is 35.6 Å². The van der Waals surface area contributed by atoms with E-state index in [1.54, 1.807) is 18.2 Å². The molecular formula is C15H22FNO. The van der Waals surface area contributed by atoms with Gasteiger partial charge in [-0.05, 0) is 19.4 Å². The van der Waals surface area contributed by atoms with Gasteiger partial charge in [0.2, 0.25) is 5.91 Å². The van der Waals surface area contributed by atoms with Crippen LogP contribution in [0.1, 0.15) is 51.6 Å². The zero-order valence-electron chi connectivity index (χ0n) is 11.4. The molecule has 1 amide bonds. The number of halogens is 1. The molecule has 1 aromatic rings. The summed E-state index contributed by atoms with van der Waals surface area (Å²) < 4.78 is 13.5. The minimum atomic E-state index is -0.289. The topological polar surface area (TPSA) is 29.1 Å². The lowest BCUT2D eigenvalue weighted by Crippen LogP contribution is -2.31. The molecule has 0 aliphatic rings.